The van der Waals surface area contributed by atoms with Crippen LogP contribution in [-0.4, -0.2) is 38.7 Å². The smallest absolute Gasteiger partial charge is 0.251 e. The van der Waals surface area contributed by atoms with Gasteiger partial charge < -0.3 is 5.32 Å². The van der Waals surface area contributed by atoms with Gasteiger partial charge in [0, 0.05) is 6.04 Å². The van der Waals surface area contributed by atoms with Crippen molar-refractivity contribution in [1.82, 2.24) is 25.5 Å². The molecule has 0 saturated heterocycles. The summed E-state index contributed by atoms with van der Waals surface area (Å²) in [6.07, 6.45) is 7.88. The quantitative estimate of drug-likeness (QED) is 0.667. The number of carbonyl (C=O) groups excluding carboxylic acids is 1. The number of allylic oxidation sites excluding steroid dienone is 1. The van der Waals surface area contributed by atoms with Gasteiger partial charge in [0.05, 0.1) is 5.70 Å². The lowest BCUT2D eigenvalue weighted by Crippen LogP contribution is -2.44. The van der Waals surface area contributed by atoms with Crippen LogP contribution in [0, 0.1) is 6.92 Å². The summed E-state index contributed by atoms with van der Waals surface area (Å²) in [4.78, 5) is 15.0. The lowest BCUT2D eigenvalue weighted by Gasteiger charge is -2.33. The molecule has 2 aliphatic rings. The maximum Gasteiger partial charge on any atom is 0.251 e. The molecule has 1 fully saturated rings. The van der Waals surface area contributed by atoms with E-state index in [1.165, 1.54) is 24.8 Å². The van der Waals surface area contributed by atoms with E-state index in [4.69, 9.17) is 0 Å². The fourth-order valence-electron chi connectivity index (χ4n) is 4.65. The number of anilines is 1. The summed E-state index contributed by atoms with van der Waals surface area (Å²) in [6.45, 7) is 2.25. The standard InChI is InChI=1S/C25H28N6O/c1-18-12-14-20(15-13-18)22-16-23(19-8-4-2-5-9-19)31-25(27-28-29-31)30(22)17-24(32)26-21-10-6-3-7-11-21/h2,4-5,8-9,12-16,21,23H,3,6-7,10-11,17H2,1H3,(H,26,32)/t23-/m1/s1. The minimum absolute atomic E-state index is 0.00243. The van der Waals surface area contributed by atoms with Gasteiger partial charge in [-0.3, -0.25) is 9.69 Å². The second kappa shape index (κ2) is 8.94. The van der Waals surface area contributed by atoms with E-state index in [1.54, 1.807) is 4.68 Å². The second-order valence-electron chi connectivity index (χ2n) is 8.69. The molecule has 1 aromatic heterocycles. The third kappa shape index (κ3) is 4.15. The zero-order valence-electron chi connectivity index (χ0n) is 18.3. The molecule has 0 unspecified atom stereocenters. The largest absolute Gasteiger partial charge is 0.352 e. The Hall–Kier alpha value is -3.48. The third-order valence-corrected chi connectivity index (χ3v) is 6.35. The van der Waals surface area contributed by atoms with Crippen LogP contribution in [0.1, 0.15) is 54.8 Å². The Morgan fingerprint density at radius 1 is 1.03 bits per heavy atom. The van der Waals surface area contributed by atoms with Crippen molar-refractivity contribution in [2.24, 2.45) is 0 Å². The Kier molecular flexibility index (Phi) is 5.71. The van der Waals surface area contributed by atoms with E-state index in [2.05, 4.69) is 70.2 Å². The molecule has 1 aliphatic carbocycles. The Bertz CT molecular complexity index is 1100. The van der Waals surface area contributed by atoms with Crippen LogP contribution in [0.2, 0.25) is 0 Å². The van der Waals surface area contributed by atoms with Crippen LogP contribution in [0.5, 0.6) is 0 Å². The van der Waals surface area contributed by atoms with Gasteiger partial charge in [0.1, 0.15) is 12.6 Å². The molecule has 1 atom stereocenters. The molecule has 2 aromatic carbocycles. The number of hydrogen-bond donors (Lipinski definition) is 1. The van der Waals surface area contributed by atoms with Crippen LogP contribution in [0.25, 0.3) is 5.70 Å². The molecule has 1 N–H and O–H groups in total. The van der Waals surface area contributed by atoms with E-state index in [1.807, 2.05) is 23.1 Å². The zero-order chi connectivity index (χ0) is 21.9. The van der Waals surface area contributed by atoms with Crippen LogP contribution in [0.3, 0.4) is 0 Å². The molecule has 7 nitrogen and oxygen atoms in total. The molecule has 0 bridgehead atoms. The fraction of sp³-hybridized carbons (Fsp3) is 0.360. The number of nitrogens with one attached hydrogen (secondary N) is 1. The topological polar surface area (TPSA) is 75.9 Å². The van der Waals surface area contributed by atoms with Gasteiger partial charge in [0.2, 0.25) is 5.91 Å². The van der Waals surface area contributed by atoms with Crippen molar-refractivity contribution in [1.29, 1.82) is 0 Å². The molecule has 1 saturated carbocycles. The Morgan fingerprint density at radius 2 is 1.78 bits per heavy atom. The summed E-state index contributed by atoms with van der Waals surface area (Å²) in [7, 11) is 0. The van der Waals surface area contributed by atoms with Crippen molar-refractivity contribution < 1.29 is 4.79 Å². The van der Waals surface area contributed by atoms with Crippen molar-refractivity contribution in [2.75, 3.05) is 11.4 Å². The van der Waals surface area contributed by atoms with Gasteiger partial charge >= 0.3 is 0 Å². The highest BCUT2D eigenvalue weighted by molar-refractivity contribution is 5.89. The van der Waals surface area contributed by atoms with E-state index in [0.29, 0.717) is 5.95 Å². The molecule has 2 heterocycles. The molecule has 164 valence electrons. The average Bonchev–Trinajstić information content (AvgIpc) is 3.31. The van der Waals surface area contributed by atoms with Gasteiger partial charge in [0.25, 0.3) is 5.95 Å². The van der Waals surface area contributed by atoms with Crippen LogP contribution in [0.15, 0.2) is 60.7 Å². The van der Waals surface area contributed by atoms with E-state index in [9.17, 15) is 4.79 Å². The van der Waals surface area contributed by atoms with Gasteiger partial charge in [-0.1, -0.05) is 84.5 Å². The predicted molar refractivity (Wildman–Crippen MR) is 124 cm³/mol. The third-order valence-electron chi connectivity index (χ3n) is 6.35. The molecular weight excluding hydrogens is 400 g/mol. The second-order valence-corrected chi connectivity index (χ2v) is 8.69. The molecule has 0 spiro atoms. The number of fused-ring (bicyclic) bond motifs is 1. The first-order valence-corrected chi connectivity index (χ1v) is 11.4. The highest BCUT2D eigenvalue weighted by atomic mass is 16.2. The number of tetrazole rings is 1. The van der Waals surface area contributed by atoms with Crippen molar-refractivity contribution in [2.45, 2.75) is 51.1 Å². The van der Waals surface area contributed by atoms with Crippen molar-refractivity contribution in [3.63, 3.8) is 0 Å². The summed E-state index contributed by atoms with van der Waals surface area (Å²) >= 11 is 0. The zero-order valence-corrected chi connectivity index (χ0v) is 18.3. The number of rotatable bonds is 5. The maximum absolute atomic E-state index is 13.0. The van der Waals surface area contributed by atoms with E-state index >= 15 is 0 Å². The molecule has 1 amide bonds. The van der Waals surface area contributed by atoms with Crippen molar-refractivity contribution in [3.05, 3.63) is 77.4 Å². The van der Waals surface area contributed by atoms with Crippen molar-refractivity contribution >= 4 is 17.6 Å². The SMILES string of the molecule is Cc1ccc(C2=C[C@H](c3ccccc3)n3nnnc3N2CC(=O)NC2CCCCC2)cc1. The molecule has 3 aromatic rings. The minimum Gasteiger partial charge on any atom is -0.352 e. The summed E-state index contributed by atoms with van der Waals surface area (Å²) in [5.74, 6) is 0.582. The lowest BCUT2D eigenvalue weighted by molar-refractivity contribution is -0.120. The summed E-state index contributed by atoms with van der Waals surface area (Å²) in [6, 6.07) is 18.7. The summed E-state index contributed by atoms with van der Waals surface area (Å²) in [5, 5.41) is 15.8. The Morgan fingerprint density at radius 3 is 2.53 bits per heavy atom. The number of aromatic nitrogens is 4. The number of carbonyl (C=O) groups is 1. The first-order chi connectivity index (χ1) is 15.7. The van der Waals surface area contributed by atoms with Gasteiger partial charge in [-0.05, 0) is 47.4 Å². The number of amides is 1. The van der Waals surface area contributed by atoms with E-state index in [-0.39, 0.29) is 24.5 Å². The monoisotopic (exact) mass is 428 g/mol. The van der Waals surface area contributed by atoms with Gasteiger partial charge in [-0.2, -0.15) is 4.68 Å². The van der Waals surface area contributed by atoms with Crippen LogP contribution >= 0.6 is 0 Å². The Balaban J connectivity index is 1.50. The maximum atomic E-state index is 13.0. The first-order valence-electron chi connectivity index (χ1n) is 11.4. The number of benzene rings is 2. The average molecular weight is 429 g/mol. The molecule has 7 heteroatoms. The van der Waals surface area contributed by atoms with Crippen LogP contribution in [-0.2, 0) is 4.79 Å². The molecule has 32 heavy (non-hydrogen) atoms. The van der Waals surface area contributed by atoms with Crippen molar-refractivity contribution in [3.8, 4) is 0 Å². The number of aryl methyl sites for hydroxylation is 1. The molecule has 1 aliphatic heterocycles. The molecular formula is C25H28N6O. The van der Waals surface area contributed by atoms with E-state index < -0.39 is 0 Å². The first kappa shape index (κ1) is 20.4. The van der Waals surface area contributed by atoms with Gasteiger partial charge in [-0.15, -0.1) is 0 Å². The van der Waals surface area contributed by atoms with Crippen LogP contribution in [0.4, 0.5) is 5.95 Å². The Labute approximate surface area is 188 Å². The van der Waals surface area contributed by atoms with Gasteiger partial charge in [-0.25, -0.2) is 0 Å². The van der Waals surface area contributed by atoms with Gasteiger partial charge in [0.15, 0.2) is 0 Å². The normalized spacial score (nSPS) is 18.7. The highest BCUT2D eigenvalue weighted by Gasteiger charge is 2.32. The summed E-state index contributed by atoms with van der Waals surface area (Å²) in [5.41, 5.74) is 4.27. The minimum atomic E-state index is -0.143. The fourth-order valence-corrected chi connectivity index (χ4v) is 4.65. The summed E-state index contributed by atoms with van der Waals surface area (Å²) < 4.78 is 1.79. The highest BCUT2D eigenvalue weighted by Crippen LogP contribution is 2.36. The number of hydrogen-bond acceptors (Lipinski definition) is 5. The predicted octanol–water partition coefficient (Wildman–Crippen LogP) is 3.88. The molecule has 5 rings (SSSR count). The number of nitrogens with zero attached hydrogens (tertiary/aromatic N) is 5. The van der Waals surface area contributed by atoms with Crippen LogP contribution < -0.4 is 10.2 Å². The lowest BCUT2D eigenvalue weighted by atomic mass is 9.95. The molecule has 0 radical (unpaired) electrons. The van der Waals surface area contributed by atoms with E-state index in [0.717, 1.165) is 29.7 Å².